The summed E-state index contributed by atoms with van der Waals surface area (Å²) in [6.07, 6.45) is 1.87. The smallest absolute Gasteiger partial charge is 0.210 e. The van der Waals surface area contributed by atoms with Crippen molar-refractivity contribution >= 4 is 16.9 Å². The van der Waals surface area contributed by atoms with Gasteiger partial charge in [0, 0.05) is 26.2 Å². The lowest BCUT2D eigenvalue weighted by Crippen LogP contribution is -2.47. The Hall–Kier alpha value is -0.840. The number of carbonyl (C=O) groups excluding carboxylic acids is 1. The van der Waals surface area contributed by atoms with Crippen molar-refractivity contribution < 1.29 is 4.79 Å². The van der Waals surface area contributed by atoms with E-state index >= 15 is 0 Å². The third kappa shape index (κ3) is 3.13. The fourth-order valence-corrected chi connectivity index (χ4v) is 2.83. The molecule has 3 nitrogen and oxygen atoms in total. The second kappa shape index (κ2) is 6.36. The predicted octanol–water partition coefficient (Wildman–Crippen LogP) is 1.86. The van der Waals surface area contributed by atoms with Crippen molar-refractivity contribution in [2.24, 2.45) is 0 Å². The van der Waals surface area contributed by atoms with Crippen molar-refractivity contribution in [1.82, 2.24) is 9.80 Å². The maximum absolute atomic E-state index is 12.2. The Morgan fingerprint density at radius 2 is 1.78 bits per heavy atom. The lowest BCUT2D eigenvalue weighted by atomic mass is 10.1. The van der Waals surface area contributed by atoms with Crippen LogP contribution in [0.4, 0.5) is 0 Å². The SMILES string of the molecule is CSC(=O)C(c1ccccc1)N1CCN(C)CC1. The zero-order valence-corrected chi connectivity index (χ0v) is 11.8. The summed E-state index contributed by atoms with van der Waals surface area (Å²) in [6, 6.07) is 10.0. The molecule has 0 radical (unpaired) electrons. The van der Waals surface area contributed by atoms with Gasteiger partial charge in [0.15, 0.2) is 0 Å². The molecule has 1 aliphatic heterocycles. The summed E-state index contributed by atoms with van der Waals surface area (Å²) in [5, 5.41) is 0.241. The van der Waals surface area contributed by atoms with Gasteiger partial charge >= 0.3 is 0 Å². The van der Waals surface area contributed by atoms with Gasteiger partial charge in [0.1, 0.15) is 6.04 Å². The highest BCUT2D eigenvalue weighted by Crippen LogP contribution is 2.26. The molecule has 1 unspecified atom stereocenters. The van der Waals surface area contributed by atoms with E-state index in [4.69, 9.17) is 0 Å². The van der Waals surface area contributed by atoms with Crippen molar-refractivity contribution in [3.8, 4) is 0 Å². The molecule has 1 heterocycles. The maximum Gasteiger partial charge on any atom is 0.210 e. The number of hydrogen-bond acceptors (Lipinski definition) is 4. The minimum Gasteiger partial charge on any atom is -0.304 e. The molecule has 1 aromatic carbocycles. The molecular weight excluding hydrogens is 244 g/mol. The maximum atomic E-state index is 12.2. The van der Waals surface area contributed by atoms with Gasteiger partial charge in [-0.2, -0.15) is 0 Å². The number of likely N-dealkylation sites (N-methyl/N-ethyl adjacent to an activating group) is 1. The van der Waals surface area contributed by atoms with Gasteiger partial charge in [0.25, 0.3) is 0 Å². The van der Waals surface area contributed by atoms with Crippen LogP contribution in [0.3, 0.4) is 0 Å². The predicted molar refractivity (Wildman–Crippen MR) is 76.8 cm³/mol. The molecule has 0 saturated carbocycles. The molecule has 2 rings (SSSR count). The minimum absolute atomic E-state index is 0.0881. The second-order valence-electron chi connectivity index (χ2n) is 4.68. The van der Waals surface area contributed by atoms with Gasteiger partial charge in [-0.1, -0.05) is 42.1 Å². The van der Waals surface area contributed by atoms with Crippen LogP contribution in [0.5, 0.6) is 0 Å². The van der Waals surface area contributed by atoms with E-state index in [9.17, 15) is 4.79 Å². The number of thioether (sulfide) groups is 1. The van der Waals surface area contributed by atoms with E-state index < -0.39 is 0 Å². The molecule has 18 heavy (non-hydrogen) atoms. The Bertz CT molecular complexity index is 388. The Morgan fingerprint density at radius 3 is 2.33 bits per heavy atom. The number of piperazine rings is 1. The normalized spacial score (nSPS) is 19.7. The summed E-state index contributed by atoms with van der Waals surface area (Å²) in [7, 11) is 2.13. The first-order valence-electron chi connectivity index (χ1n) is 6.27. The van der Waals surface area contributed by atoms with Crippen LogP contribution >= 0.6 is 11.8 Å². The molecule has 0 spiro atoms. The lowest BCUT2D eigenvalue weighted by molar-refractivity contribution is -0.116. The summed E-state index contributed by atoms with van der Waals surface area (Å²) in [5.41, 5.74) is 1.11. The quantitative estimate of drug-likeness (QED) is 0.831. The first-order valence-corrected chi connectivity index (χ1v) is 7.50. The van der Waals surface area contributed by atoms with Crippen LogP contribution in [-0.2, 0) is 4.79 Å². The van der Waals surface area contributed by atoms with Gasteiger partial charge < -0.3 is 4.90 Å². The molecule has 0 amide bonds. The van der Waals surface area contributed by atoms with Gasteiger partial charge in [-0.05, 0) is 18.9 Å². The fraction of sp³-hybridized carbons (Fsp3) is 0.500. The summed E-state index contributed by atoms with van der Waals surface area (Å²) < 4.78 is 0. The van der Waals surface area contributed by atoms with E-state index in [0.29, 0.717) is 0 Å². The van der Waals surface area contributed by atoms with Crippen LogP contribution in [-0.4, -0.2) is 54.4 Å². The largest absolute Gasteiger partial charge is 0.304 e. The topological polar surface area (TPSA) is 23.6 Å². The van der Waals surface area contributed by atoms with Crippen molar-refractivity contribution in [3.63, 3.8) is 0 Å². The molecular formula is C14H20N2OS. The molecule has 1 atom stereocenters. The van der Waals surface area contributed by atoms with E-state index in [1.54, 1.807) is 0 Å². The molecule has 1 saturated heterocycles. The standard InChI is InChI=1S/C14H20N2OS/c1-15-8-10-16(11-9-15)13(14(17)18-2)12-6-4-3-5-7-12/h3-7,13H,8-11H2,1-2H3. The highest BCUT2D eigenvalue weighted by Gasteiger charge is 2.28. The van der Waals surface area contributed by atoms with Crippen LogP contribution in [0.15, 0.2) is 30.3 Å². The number of benzene rings is 1. The molecule has 0 aliphatic carbocycles. The van der Waals surface area contributed by atoms with E-state index in [1.807, 2.05) is 24.5 Å². The highest BCUT2D eigenvalue weighted by molar-refractivity contribution is 8.13. The average Bonchev–Trinajstić information content (AvgIpc) is 2.42. The Morgan fingerprint density at radius 1 is 1.17 bits per heavy atom. The van der Waals surface area contributed by atoms with Crippen LogP contribution in [0, 0.1) is 0 Å². The van der Waals surface area contributed by atoms with Gasteiger partial charge in [-0.25, -0.2) is 0 Å². The zero-order chi connectivity index (χ0) is 13.0. The summed E-state index contributed by atoms with van der Waals surface area (Å²) in [5.74, 6) is 0. The monoisotopic (exact) mass is 264 g/mol. The average molecular weight is 264 g/mol. The molecule has 98 valence electrons. The van der Waals surface area contributed by atoms with E-state index in [0.717, 1.165) is 31.7 Å². The molecule has 1 aliphatic rings. The van der Waals surface area contributed by atoms with Crippen LogP contribution in [0.2, 0.25) is 0 Å². The van der Waals surface area contributed by atoms with Crippen LogP contribution in [0.1, 0.15) is 11.6 Å². The number of carbonyl (C=O) groups is 1. The number of rotatable bonds is 3. The van der Waals surface area contributed by atoms with Gasteiger partial charge in [-0.15, -0.1) is 0 Å². The highest BCUT2D eigenvalue weighted by atomic mass is 32.2. The minimum atomic E-state index is -0.0881. The van der Waals surface area contributed by atoms with Gasteiger partial charge in [0.05, 0.1) is 0 Å². The summed E-state index contributed by atoms with van der Waals surface area (Å²) in [6.45, 7) is 3.99. The second-order valence-corrected chi connectivity index (χ2v) is 5.49. The Labute approximate surface area is 113 Å². The number of nitrogens with zero attached hydrogens (tertiary/aromatic N) is 2. The fourth-order valence-electron chi connectivity index (χ4n) is 2.32. The lowest BCUT2D eigenvalue weighted by Gasteiger charge is -2.37. The van der Waals surface area contributed by atoms with Gasteiger partial charge in [0.2, 0.25) is 5.12 Å². The summed E-state index contributed by atoms with van der Waals surface area (Å²) in [4.78, 5) is 16.8. The zero-order valence-electron chi connectivity index (χ0n) is 11.0. The molecule has 0 aromatic heterocycles. The molecule has 1 aromatic rings. The first-order chi connectivity index (χ1) is 8.72. The number of hydrogen-bond donors (Lipinski definition) is 0. The van der Waals surface area contributed by atoms with Crippen LogP contribution in [0.25, 0.3) is 0 Å². The molecule has 0 bridgehead atoms. The first kappa shape index (κ1) is 13.6. The summed E-state index contributed by atoms with van der Waals surface area (Å²) >= 11 is 1.33. The third-order valence-corrected chi connectivity index (χ3v) is 4.07. The third-order valence-electron chi connectivity index (χ3n) is 3.44. The van der Waals surface area contributed by atoms with Crippen molar-refractivity contribution in [2.75, 3.05) is 39.5 Å². The Balaban J connectivity index is 2.18. The van der Waals surface area contributed by atoms with E-state index in [2.05, 4.69) is 29.0 Å². The Kier molecular flexibility index (Phi) is 4.80. The van der Waals surface area contributed by atoms with Crippen molar-refractivity contribution in [3.05, 3.63) is 35.9 Å². The molecule has 1 fully saturated rings. The molecule has 0 N–H and O–H groups in total. The van der Waals surface area contributed by atoms with Crippen LogP contribution < -0.4 is 0 Å². The van der Waals surface area contributed by atoms with E-state index in [-0.39, 0.29) is 11.2 Å². The molecule has 4 heteroatoms. The van der Waals surface area contributed by atoms with Crippen molar-refractivity contribution in [2.45, 2.75) is 6.04 Å². The van der Waals surface area contributed by atoms with E-state index in [1.165, 1.54) is 11.8 Å². The van der Waals surface area contributed by atoms with Gasteiger partial charge in [-0.3, -0.25) is 9.69 Å². The van der Waals surface area contributed by atoms with Crippen molar-refractivity contribution in [1.29, 1.82) is 0 Å².